The van der Waals surface area contributed by atoms with E-state index in [4.69, 9.17) is 0 Å². The molecule has 2 aliphatic rings. The maximum Gasteiger partial charge on any atom is 0.236 e. The first-order chi connectivity index (χ1) is 7.65. The fraction of sp³-hybridized carbons (Fsp3) is 0.917. The van der Waals surface area contributed by atoms with E-state index in [2.05, 4.69) is 24.1 Å². The molecule has 2 saturated heterocycles. The van der Waals surface area contributed by atoms with Gasteiger partial charge in [0.1, 0.15) is 0 Å². The van der Waals surface area contributed by atoms with Crippen LogP contribution in [0, 0.1) is 0 Å². The molecule has 17 heavy (non-hydrogen) atoms. The summed E-state index contributed by atoms with van der Waals surface area (Å²) in [5.41, 5.74) is 0. The van der Waals surface area contributed by atoms with Crippen molar-refractivity contribution < 1.29 is 4.79 Å². The zero-order chi connectivity index (χ0) is 11.5. The fourth-order valence-corrected chi connectivity index (χ4v) is 2.83. The van der Waals surface area contributed by atoms with Crippen molar-refractivity contribution in [1.82, 2.24) is 15.1 Å². The molecule has 2 aliphatic heterocycles. The van der Waals surface area contributed by atoms with Gasteiger partial charge in [-0.25, -0.2) is 0 Å². The normalized spacial score (nSPS) is 30.1. The van der Waals surface area contributed by atoms with Gasteiger partial charge in [0.2, 0.25) is 5.91 Å². The monoisotopic (exact) mass is 261 g/mol. The molecular formula is C12H24ClN3O. The molecule has 4 nitrogen and oxygen atoms in total. The predicted octanol–water partition coefficient (Wildman–Crippen LogP) is 0.713. The van der Waals surface area contributed by atoms with Crippen molar-refractivity contribution in [3.05, 3.63) is 0 Å². The number of nitrogens with zero attached hydrogens (tertiary/aromatic N) is 2. The summed E-state index contributed by atoms with van der Waals surface area (Å²) in [6, 6.07) is 0.991. The second kappa shape index (κ2) is 6.57. The highest BCUT2D eigenvalue weighted by molar-refractivity contribution is 5.85. The van der Waals surface area contributed by atoms with Gasteiger partial charge in [-0.05, 0) is 26.7 Å². The molecule has 0 bridgehead atoms. The quantitative estimate of drug-likeness (QED) is 0.796. The van der Waals surface area contributed by atoms with E-state index < -0.39 is 0 Å². The van der Waals surface area contributed by atoms with Gasteiger partial charge in [-0.15, -0.1) is 12.4 Å². The zero-order valence-corrected chi connectivity index (χ0v) is 11.6. The van der Waals surface area contributed by atoms with E-state index in [0.717, 1.165) is 26.2 Å². The Morgan fingerprint density at radius 3 is 2.24 bits per heavy atom. The molecule has 2 atom stereocenters. The number of rotatable bonds is 2. The van der Waals surface area contributed by atoms with E-state index in [0.29, 0.717) is 24.5 Å². The van der Waals surface area contributed by atoms with Crippen molar-refractivity contribution in [2.75, 3.05) is 32.7 Å². The van der Waals surface area contributed by atoms with Gasteiger partial charge in [0, 0.05) is 38.3 Å². The number of piperazine rings is 1. The van der Waals surface area contributed by atoms with Crippen molar-refractivity contribution in [2.24, 2.45) is 0 Å². The molecule has 0 saturated carbocycles. The highest BCUT2D eigenvalue weighted by Crippen LogP contribution is 2.09. The molecule has 100 valence electrons. The van der Waals surface area contributed by atoms with Crippen molar-refractivity contribution >= 4 is 18.3 Å². The largest absolute Gasteiger partial charge is 0.342 e. The van der Waals surface area contributed by atoms with E-state index in [-0.39, 0.29) is 12.4 Å². The molecule has 0 radical (unpaired) electrons. The Morgan fingerprint density at radius 2 is 1.71 bits per heavy atom. The molecule has 2 rings (SSSR count). The van der Waals surface area contributed by atoms with E-state index in [9.17, 15) is 4.79 Å². The van der Waals surface area contributed by atoms with E-state index >= 15 is 0 Å². The summed E-state index contributed by atoms with van der Waals surface area (Å²) in [5.74, 6) is 0.318. The Morgan fingerprint density at radius 1 is 1.18 bits per heavy atom. The topological polar surface area (TPSA) is 35.6 Å². The van der Waals surface area contributed by atoms with Gasteiger partial charge >= 0.3 is 0 Å². The molecule has 0 aliphatic carbocycles. The number of amides is 1. The summed E-state index contributed by atoms with van der Waals surface area (Å²) in [6.07, 6.45) is 2.36. The molecular weight excluding hydrogens is 238 g/mol. The third-order valence-corrected chi connectivity index (χ3v) is 3.45. The van der Waals surface area contributed by atoms with Gasteiger partial charge < -0.3 is 10.2 Å². The molecule has 0 aromatic carbocycles. The van der Waals surface area contributed by atoms with Crippen LogP contribution in [0.1, 0.15) is 26.7 Å². The lowest BCUT2D eigenvalue weighted by atomic mass is 10.1. The SMILES string of the molecule is CC1CN(CC(=O)N2CCCC2)CC(C)N1.Cl. The third kappa shape index (κ3) is 4.12. The van der Waals surface area contributed by atoms with E-state index in [1.54, 1.807) is 0 Å². The molecule has 5 heteroatoms. The van der Waals surface area contributed by atoms with Gasteiger partial charge in [0.05, 0.1) is 6.54 Å². The fourth-order valence-electron chi connectivity index (χ4n) is 2.83. The second-order valence-electron chi connectivity index (χ2n) is 5.25. The second-order valence-corrected chi connectivity index (χ2v) is 5.25. The minimum Gasteiger partial charge on any atom is -0.342 e. The average molecular weight is 262 g/mol. The number of carbonyl (C=O) groups excluding carboxylic acids is 1. The Balaban J connectivity index is 0.00000144. The number of hydrogen-bond acceptors (Lipinski definition) is 3. The highest BCUT2D eigenvalue weighted by Gasteiger charge is 2.25. The van der Waals surface area contributed by atoms with Gasteiger partial charge in [-0.2, -0.15) is 0 Å². The molecule has 1 amide bonds. The maximum atomic E-state index is 12.0. The van der Waals surface area contributed by atoms with Gasteiger partial charge in [0.15, 0.2) is 0 Å². The molecule has 2 fully saturated rings. The number of hydrogen-bond donors (Lipinski definition) is 1. The van der Waals surface area contributed by atoms with Crippen molar-refractivity contribution in [1.29, 1.82) is 0 Å². The van der Waals surface area contributed by atoms with Crippen molar-refractivity contribution in [3.8, 4) is 0 Å². The van der Waals surface area contributed by atoms with Crippen molar-refractivity contribution in [3.63, 3.8) is 0 Å². The summed E-state index contributed by atoms with van der Waals surface area (Å²) in [7, 11) is 0. The average Bonchev–Trinajstić information content (AvgIpc) is 2.68. The van der Waals surface area contributed by atoms with Crippen LogP contribution < -0.4 is 5.32 Å². The number of likely N-dealkylation sites (tertiary alicyclic amines) is 1. The Bertz CT molecular complexity index is 246. The van der Waals surface area contributed by atoms with Crippen LogP contribution >= 0.6 is 12.4 Å². The first kappa shape index (κ1) is 14.7. The Labute approximate surface area is 110 Å². The van der Waals surface area contributed by atoms with Crippen LogP contribution in [0.2, 0.25) is 0 Å². The molecule has 2 unspecified atom stereocenters. The first-order valence-electron chi connectivity index (χ1n) is 6.41. The minimum absolute atomic E-state index is 0. The molecule has 0 aromatic heterocycles. The third-order valence-electron chi connectivity index (χ3n) is 3.45. The van der Waals surface area contributed by atoms with Crippen LogP contribution in [0.5, 0.6) is 0 Å². The van der Waals surface area contributed by atoms with Crippen LogP contribution in [0.15, 0.2) is 0 Å². The summed E-state index contributed by atoms with van der Waals surface area (Å²) >= 11 is 0. The van der Waals surface area contributed by atoms with Crippen molar-refractivity contribution in [2.45, 2.75) is 38.8 Å². The number of nitrogens with one attached hydrogen (secondary N) is 1. The number of carbonyl (C=O) groups is 1. The summed E-state index contributed by atoms with van der Waals surface area (Å²) in [4.78, 5) is 16.3. The predicted molar refractivity (Wildman–Crippen MR) is 71.6 cm³/mol. The van der Waals surface area contributed by atoms with E-state index in [1.807, 2.05) is 4.90 Å². The zero-order valence-electron chi connectivity index (χ0n) is 10.8. The Kier molecular flexibility index (Phi) is 5.70. The van der Waals surface area contributed by atoms with Crippen LogP contribution in [0.25, 0.3) is 0 Å². The van der Waals surface area contributed by atoms with Crippen LogP contribution in [0.3, 0.4) is 0 Å². The lowest BCUT2D eigenvalue weighted by molar-refractivity contribution is -0.131. The molecule has 0 aromatic rings. The standard InChI is InChI=1S/C12H23N3O.ClH/c1-10-7-14(8-11(2)13-10)9-12(16)15-5-3-4-6-15;/h10-11,13H,3-9H2,1-2H3;1H. The van der Waals surface area contributed by atoms with Gasteiger partial charge in [0.25, 0.3) is 0 Å². The first-order valence-corrected chi connectivity index (χ1v) is 6.41. The number of halogens is 1. The summed E-state index contributed by atoms with van der Waals surface area (Å²) in [6.45, 7) is 8.89. The summed E-state index contributed by atoms with van der Waals surface area (Å²) in [5, 5.41) is 3.49. The summed E-state index contributed by atoms with van der Waals surface area (Å²) < 4.78 is 0. The lowest BCUT2D eigenvalue weighted by Crippen LogP contribution is -2.56. The van der Waals surface area contributed by atoms with E-state index in [1.165, 1.54) is 12.8 Å². The Hall–Kier alpha value is -0.320. The van der Waals surface area contributed by atoms with Crippen LogP contribution in [-0.4, -0.2) is 60.5 Å². The molecule has 1 N–H and O–H groups in total. The highest BCUT2D eigenvalue weighted by atomic mass is 35.5. The lowest BCUT2D eigenvalue weighted by Gasteiger charge is -2.36. The molecule has 0 spiro atoms. The maximum absolute atomic E-state index is 12.0. The van der Waals surface area contributed by atoms with Crippen LogP contribution in [-0.2, 0) is 4.79 Å². The van der Waals surface area contributed by atoms with Gasteiger partial charge in [-0.1, -0.05) is 0 Å². The minimum atomic E-state index is 0. The smallest absolute Gasteiger partial charge is 0.236 e. The van der Waals surface area contributed by atoms with Gasteiger partial charge in [-0.3, -0.25) is 9.69 Å². The van der Waals surface area contributed by atoms with Crippen LogP contribution in [0.4, 0.5) is 0 Å². The molecule has 2 heterocycles.